The molecular formula is C10H15N3O2. The van der Waals surface area contributed by atoms with Crippen molar-refractivity contribution < 1.29 is 4.74 Å². The maximum absolute atomic E-state index is 11.7. The summed E-state index contributed by atoms with van der Waals surface area (Å²) >= 11 is 0. The van der Waals surface area contributed by atoms with E-state index in [1.165, 1.54) is 17.5 Å². The Bertz CT molecular complexity index is 426. The molecule has 0 unspecified atom stereocenters. The van der Waals surface area contributed by atoms with Gasteiger partial charge in [-0.15, -0.1) is 5.10 Å². The van der Waals surface area contributed by atoms with Crippen molar-refractivity contribution in [2.24, 2.45) is 13.0 Å². The van der Waals surface area contributed by atoms with E-state index in [1.54, 1.807) is 11.6 Å². The summed E-state index contributed by atoms with van der Waals surface area (Å²) in [6.07, 6.45) is 4.65. The molecule has 1 aromatic rings. The lowest BCUT2D eigenvalue weighted by Gasteiger charge is -2.04. The summed E-state index contributed by atoms with van der Waals surface area (Å²) in [6.45, 7) is 0.711. The second-order valence-corrected chi connectivity index (χ2v) is 4.54. The molecule has 0 spiro atoms. The lowest BCUT2D eigenvalue weighted by Crippen LogP contribution is -2.22. The Morgan fingerprint density at radius 3 is 2.73 bits per heavy atom. The molecule has 0 radical (unpaired) electrons. The van der Waals surface area contributed by atoms with Gasteiger partial charge in [0.2, 0.25) is 0 Å². The van der Waals surface area contributed by atoms with Gasteiger partial charge < -0.3 is 4.74 Å². The topological polar surface area (TPSA) is 49.0 Å². The van der Waals surface area contributed by atoms with Crippen molar-refractivity contribution in [2.75, 3.05) is 6.61 Å². The average Bonchev–Trinajstić information content (AvgIpc) is 3.08. The first-order valence-electron chi connectivity index (χ1n) is 5.54. The van der Waals surface area contributed by atoms with E-state index >= 15 is 0 Å². The summed E-state index contributed by atoms with van der Waals surface area (Å²) in [5, 5.41) is 4.12. The first-order chi connectivity index (χ1) is 7.25. The predicted molar refractivity (Wildman–Crippen MR) is 54.0 cm³/mol. The summed E-state index contributed by atoms with van der Waals surface area (Å²) in [5.74, 6) is 0.690. The van der Waals surface area contributed by atoms with Gasteiger partial charge in [-0.1, -0.05) is 0 Å². The summed E-state index contributed by atoms with van der Waals surface area (Å²) in [7, 11) is 1.67. The summed E-state index contributed by atoms with van der Waals surface area (Å²) in [5.41, 5.74) is -0.0525. The van der Waals surface area contributed by atoms with Crippen molar-refractivity contribution in [2.45, 2.75) is 31.7 Å². The van der Waals surface area contributed by atoms with E-state index in [0.29, 0.717) is 24.6 Å². The molecule has 2 aliphatic carbocycles. The predicted octanol–water partition coefficient (Wildman–Crippen LogP) is 0.706. The fourth-order valence-electron chi connectivity index (χ4n) is 1.68. The van der Waals surface area contributed by atoms with Crippen molar-refractivity contribution in [3.63, 3.8) is 0 Å². The van der Waals surface area contributed by atoms with E-state index in [9.17, 15) is 4.79 Å². The molecule has 2 aliphatic rings. The van der Waals surface area contributed by atoms with E-state index < -0.39 is 0 Å². The van der Waals surface area contributed by atoms with Crippen LogP contribution in [0.25, 0.3) is 0 Å². The quantitative estimate of drug-likeness (QED) is 0.733. The SMILES string of the molecule is Cn1nc(OCC2CC2)n(C2CC2)c1=O. The molecule has 15 heavy (non-hydrogen) atoms. The van der Waals surface area contributed by atoms with Crippen LogP contribution in [0.5, 0.6) is 6.01 Å². The molecule has 0 aliphatic heterocycles. The zero-order valence-corrected chi connectivity index (χ0v) is 8.85. The van der Waals surface area contributed by atoms with Crippen LogP contribution in [0.4, 0.5) is 0 Å². The minimum Gasteiger partial charge on any atom is -0.463 e. The van der Waals surface area contributed by atoms with E-state index in [4.69, 9.17) is 4.74 Å². The normalized spacial score (nSPS) is 20.6. The minimum atomic E-state index is -0.0525. The number of aromatic nitrogens is 3. The van der Waals surface area contributed by atoms with Gasteiger partial charge in [0, 0.05) is 13.1 Å². The van der Waals surface area contributed by atoms with Gasteiger partial charge in [-0.2, -0.15) is 0 Å². The van der Waals surface area contributed by atoms with Gasteiger partial charge in [-0.05, 0) is 31.6 Å². The minimum absolute atomic E-state index is 0.0525. The third-order valence-corrected chi connectivity index (χ3v) is 2.98. The molecule has 82 valence electrons. The summed E-state index contributed by atoms with van der Waals surface area (Å²) < 4.78 is 8.65. The molecule has 0 atom stereocenters. The van der Waals surface area contributed by atoms with Crippen LogP contribution in [0.2, 0.25) is 0 Å². The Morgan fingerprint density at radius 1 is 1.40 bits per heavy atom. The maximum Gasteiger partial charge on any atom is 0.348 e. The monoisotopic (exact) mass is 209 g/mol. The zero-order chi connectivity index (χ0) is 10.4. The molecule has 0 bridgehead atoms. The highest BCUT2D eigenvalue weighted by Gasteiger charge is 2.31. The standard InChI is InChI=1S/C10H15N3O2/c1-12-10(14)13(8-4-5-8)9(11-12)15-6-7-2-3-7/h7-8H,2-6H2,1H3. The van der Waals surface area contributed by atoms with Crippen LogP contribution < -0.4 is 10.4 Å². The first-order valence-corrected chi connectivity index (χ1v) is 5.54. The summed E-state index contributed by atoms with van der Waals surface area (Å²) in [6, 6.07) is 0.845. The van der Waals surface area contributed by atoms with Crippen LogP contribution in [-0.4, -0.2) is 21.0 Å². The lowest BCUT2D eigenvalue weighted by atomic mass is 10.5. The Balaban J connectivity index is 1.84. The average molecular weight is 209 g/mol. The van der Waals surface area contributed by atoms with Crippen molar-refractivity contribution in [3.8, 4) is 6.01 Å². The lowest BCUT2D eigenvalue weighted by molar-refractivity contribution is 0.261. The summed E-state index contributed by atoms with van der Waals surface area (Å²) in [4.78, 5) is 11.7. The van der Waals surface area contributed by atoms with Gasteiger partial charge >= 0.3 is 11.7 Å². The van der Waals surface area contributed by atoms with Crippen molar-refractivity contribution >= 4 is 0 Å². The molecule has 3 rings (SSSR count). The highest BCUT2D eigenvalue weighted by molar-refractivity contribution is 5.01. The van der Waals surface area contributed by atoms with Gasteiger partial charge in [0.25, 0.3) is 0 Å². The number of ether oxygens (including phenoxy) is 1. The number of nitrogens with zero attached hydrogens (tertiary/aromatic N) is 3. The van der Waals surface area contributed by atoms with Gasteiger partial charge in [-0.25, -0.2) is 14.0 Å². The van der Waals surface area contributed by atoms with Gasteiger partial charge in [0.1, 0.15) is 0 Å². The third-order valence-electron chi connectivity index (χ3n) is 2.98. The van der Waals surface area contributed by atoms with Crippen molar-refractivity contribution in [1.29, 1.82) is 0 Å². The highest BCUT2D eigenvalue weighted by Crippen LogP contribution is 2.36. The fraction of sp³-hybridized carbons (Fsp3) is 0.800. The van der Waals surface area contributed by atoms with Crippen LogP contribution in [0, 0.1) is 5.92 Å². The Labute approximate surface area is 87.7 Å². The van der Waals surface area contributed by atoms with E-state index in [-0.39, 0.29) is 5.69 Å². The van der Waals surface area contributed by atoms with Gasteiger partial charge in [0.05, 0.1) is 6.61 Å². The zero-order valence-electron chi connectivity index (χ0n) is 8.85. The third kappa shape index (κ3) is 1.66. The van der Waals surface area contributed by atoms with Gasteiger partial charge in [-0.3, -0.25) is 0 Å². The fourth-order valence-corrected chi connectivity index (χ4v) is 1.68. The Kier molecular flexibility index (Phi) is 1.87. The molecule has 2 fully saturated rings. The number of aryl methyl sites for hydroxylation is 1. The van der Waals surface area contributed by atoms with Crippen LogP contribution in [-0.2, 0) is 7.05 Å². The molecule has 0 aromatic carbocycles. The van der Waals surface area contributed by atoms with Crippen LogP contribution in [0.15, 0.2) is 4.79 Å². The van der Waals surface area contributed by atoms with Gasteiger partial charge in [0.15, 0.2) is 0 Å². The maximum atomic E-state index is 11.7. The number of hydrogen-bond donors (Lipinski definition) is 0. The molecule has 0 saturated heterocycles. The van der Waals surface area contributed by atoms with E-state index in [0.717, 1.165) is 12.8 Å². The molecule has 0 amide bonds. The highest BCUT2D eigenvalue weighted by atomic mass is 16.5. The molecule has 1 aromatic heterocycles. The van der Waals surface area contributed by atoms with E-state index in [1.807, 2.05) is 0 Å². The van der Waals surface area contributed by atoms with Crippen molar-refractivity contribution in [3.05, 3.63) is 10.5 Å². The molecule has 2 saturated carbocycles. The number of hydrogen-bond acceptors (Lipinski definition) is 3. The molecule has 1 heterocycles. The number of rotatable bonds is 4. The second kappa shape index (κ2) is 3.12. The van der Waals surface area contributed by atoms with Crippen LogP contribution >= 0.6 is 0 Å². The van der Waals surface area contributed by atoms with Crippen LogP contribution in [0.3, 0.4) is 0 Å². The molecule has 5 heteroatoms. The molecule has 5 nitrogen and oxygen atoms in total. The van der Waals surface area contributed by atoms with Crippen LogP contribution in [0.1, 0.15) is 31.7 Å². The van der Waals surface area contributed by atoms with E-state index in [2.05, 4.69) is 5.10 Å². The largest absolute Gasteiger partial charge is 0.463 e. The Hall–Kier alpha value is -1.26. The second-order valence-electron chi connectivity index (χ2n) is 4.54. The first kappa shape index (κ1) is 9.00. The van der Waals surface area contributed by atoms with Crippen molar-refractivity contribution in [1.82, 2.24) is 14.3 Å². The molecule has 0 N–H and O–H groups in total. The molecular weight excluding hydrogens is 194 g/mol. The smallest absolute Gasteiger partial charge is 0.348 e. The Morgan fingerprint density at radius 2 is 2.13 bits per heavy atom.